The molecule has 0 aliphatic heterocycles. The Morgan fingerprint density at radius 1 is 0.778 bits per heavy atom. The molecule has 18 heavy (non-hydrogen) atoms. The van der Waals surface area contributed by atoms with Crippen molar-refractivity contribution in [1.82, 2.24) is 0 Å². The van der Waals surface area contributed by atoms with E-state index in [1.54, 1.807) is 0 Å². The van der Waals surface area contributed by atoms with Gasteiger partial charge in [0.1, 0.15) is 0 Å². The maximum Gasteiger partial charge on any atom is 0.263 e. The first-order valence-corrected chi connectivity index (χ1v) is 6.29. The zero-order valence-corrected chi connectivity index (χ0v) is 12.3. The van der Waals surface area contributed by atoms with E-state index in [0.717, 1.165) is 0 Å². The third-order valence-corrected chi connectivity index (χ3v) is 3.50. The van der Waals surface area contributed by atoms with Crippen LogP contribution < -0.4 is 0 Å². The molecule has 0 rings (SSSR count). The van der Waals surface area contributed by atoms with Crippen LogP contribution in [0, 0.1) is 10.8 Å². The van der Waals surface area contributed by atoms with E-state index in [2.05, 4.69) is 0 Å². The van der Waals surface area contributed by atoms with E-state index in [-0.39, 0.29) is 37.0 Å². The summed E-state index contributed by atoms with van der Waals surface area (Å²) in [6.07, 6.45) is 0. The first kappa shape index (κ1) is 17.1. The third kappa shape index (κ3) is 5.61. The number of carboxylic acid groups (broad SMARTS) is 2. The van der Waals surface area contributed by atoms with E-state index in [1.807, 2.05) is 41.5 Å². The van der Waals surface area contributed by atoms with Crippen molar-refractivity contribution in [3.05, 3.63) is 0 Å². The van der Waals surface area contributed by atoms with Gasteiger partial charge >= 0.3 is 0 Å². The van der Waals surface area contributed by atoms with Gasteiger partial charge in [-0.15, -0.1) is 0 Å². The molecule has 6 heteroatoms. The Kier molecular flexibility index (Phi) is 5.51. The van der Waals surface area contributed by atoms with Gasteiger partial charge in [-0.2, -0.15) is 0 Å². The summed E-state index contributed by atoms with van der Waals surface area (Å²) in [5.41, 5.74) is -0.461. The van der Waals surface area contributed by atoms with Crippen LogP contribution in [0.5, 0.6) is 0 Å². The number of rotatable bonds is 5. The molecule has 0 bridgehead atoms. The van der Waals surface area contributed by atoms with Gasteiger partial charge in [-0.1, -0.05) is 53.2 Å². The van der Waals surface area contributed by atoms with Crippen molar-refractivity contribution in [1.29, 1.82) is 0 Å². The molecule has 2 atom stereocenters. The van der Waals surface area contributed by atoms with Crippen LogP contribution in [-0.2, 0) is 0 Å². The SMILES string of the molecule is CC(C)(C)C(BC(=O)O)C(BC(=O)O)C(C)(C)C. The fourth-order valence-corrected chi connectivity index (χ4v) is 2.48. The maximum absolute atomic E-state index is 11.0. The van der Waals surface area contributed by atoms with Crippen LogP contribution in [0.1, 0.15) is 41.5 Å². The van der Waals surface area contributed by atoms with Gasteiger partial charge in [-0.05, 0) is 10.8 Å². The Labute approximate surface area is 111 Å². The second kappa shape index (κ2) is 5.81. The average Bonchev–Trinajstić information content (AvgIpc) is 2.06. The Hall–Kier alpha value is -0.930. The highest BCUT2D eigenvalue weighted by Gasteiger charge is 2.42. The Morgan fingerprint density at radius 3 is 1.11 bits per heavy atom. The van der Waals surface area contributed by atoms with Crippen molar-refractivity contribution >= 4 is 26.3 Å². The molecule has 0 aromatic carbocycles. The lowest BCUT2D eigenvalue weighted by molar-refractivity contribution is 0.212. The highest BCUT2D eigenvalue weighted by Crippen LogP contribution is 2.48. The second-order valence-electron chi connectivity index (χ2n) is 7.14. The smallest absolute Gasteiger partial charge is 0.263 e. The summed E-state index contributed by atoms with van der Waals surface area (Å²) in [7, 11) is 0.0252. The summed E-state index contributed by atoms with van der Waals surface area (Å²) in [6.45, 7) is 11.8. The van der Waals surface area contributed by atoms with Gasteiger partial charge in [0.15, 0.2) is 0 Å². The van der Waals surface area contributed by atoms with Crippen LogP contribution in [0.4, 0.5) is 9.59 Å². The molecule has 0 fully saturated rings. The van der Waals surface area contributed by atoms with Gasteiger partial charge < -0.3 is 10.2 Å². The molecule has 0 heterocycles. The zero-order chi connectivity index (χ0) is 14.7. The van der Waals surface area contributed by atoms with E-state index < -0.39 is 11.7 Å². The van der Waals surface area contributed by atoms with E-state index in [4.69, 9.17) is 10.2 Å². The van der Waals surface area contributed by atoms with Gasteiger partial charge in [-0.3, -0.25) is 9.59 Å². The van der Waals surface area contributed by atoms with Crippen molar-refractivity contribution in [2.24, 2.45) is 10.8 Å². The fraction of sp³-hybridized carbons (Fsp3) is 0.833. The van der Waals surface area contributed by atoms with E-state index in [0.29, 0.717) is 0 Å². The Balaban J connectivity index is 5.34. The van der Waals surface area contributed by atoms with Crippen LogP contribution in [0.15, 0.2) is 0 Å². The van der Waals surface area contributed by atoms with Crippen LogP contribution >= 0.6 is 0 Å². The molecule has 0 aliphatic carbocycles. The van der Waals surface area contributed by atoms with Crippen LogP contribution in [0.3, 0.4) is 0 Å². The fourth-order valence-electron chi connectivity index (χ4n) is 2.48. The Bertz CT molecular complexity index is 283. The lowest BCUT2D eigenvalue weighted by atomic mass is 9.37. The van der Waals surface area contributed by atoms with Crippen LogP contribution in [-0.4, -0.2) is 36.5 Å². The number of carbonyl (C=O) groups is 2. The zero-order valence-electron chi connectivity index (χ0n) is 12.3. The molecule has 102 valence electrons. The summed E-state index contributed by atoms with van der Waals surface area (Å²) < 4.78 is 0. The van der Waals surface area contributed by atoms with Crippen molar-refractivity contribution < 1.29 is 19.8 Å². The first-order valence-electron chi connectivity index (χ1n) is 6.29. The summed E-state index contributed by atoms with van der Waals surface area (Å²) in [5.74, 6) is -2.05. The molecular weight excluding hydrogens is 230 g/mol. The summed E-state index contributed by atoms with van der Waals surface area (Å²) in [5, 5.41) is 18.1. The van der Waals surface area contributed by atoms with Crippen LogP contribution in [0.2, 0.25) is 11.6 Å². The molecule has 0 radical (unpaired) electrons. The van der Waals surface area contributed by atoms with Gasteiger partial charge in [0.25, 0.3) is 14.6 Å². The third-order valence-electron chi connectivity index (χ3n) is 3.50. The normalized spacial score (nSPS) is 15.7. The van der Waals surface area contributed by atoms with Gasteiger partial charge in [-0.25, -0.2) is 0 Å². The molecule has 4 nitrogen and oxygen atoms in total. The molecule has 0 aromatic rings. The molecule has 0 aliphatic rings. The van der Waals surface area contributed by atoms with Crippen molar-refractivity contribution in [3.8, 4) is 0 Å². The standard InChI is InChI=1S/C12H24B2O4/c1-11(2,3)7(13-9(15)16)8(12(4,5)6)14-10(17)18/h7-8,13-14H,1-6H3,(H,15,16)(H,17,18). The first-order chi connectivity index (χ1) is 7.85. The average molecular weight is 254 g/mol. The van der Waals surface area contributed by atoms with Gasteiger partial charge in [0.05, 0.1) is 0 Å². The minimum absolute atomic E-state index is 0.0126. The molecule has 0 spiro atoms. The molecule has 0 aromatic heterocycles. The molecule has 0 saturated heterocycles. The second-order valence-corrected chi connectivity index (χ2v) is 7.14. The monoisotopic (exact) mass is 254 g/mol. The molecule has 2 unspecified atom stereocenters. The van der Waals surface area contributed by atoms with E-state index in [9.17, 15) is 9.59 Å². The minimum atomic E-state index is -0.866. The summed E-state index contributed by atoms with van der Waals surface area (Å²) >= 11 is 0. The van der Waals surface area contributed by atoms with E-state index >= 15 is 0 Å². The quantitative estimate of drug-likeness (QED) is 0.739. The van der Waals surface area contributed by atoms with E-state index in [1.165, 1.54) is 0 Å². The number of hydrogen-bond donors (Lipinski definition) is 2. The Morgan fingerprint density at radius 2 is 1.00 bits per heavy atom. The van der Waals surface area contributed by atoms with Crippen molar-refractivity contribution in [2.45, 2.75) is 53.2 Å². The highest BCUT2D eigenvalue weighted by atomic mass is 16.4. The lowest BCUT2D eigenvalue weighted by Gasteiger charge is -2.42. The topological polar surface area (TPSA) is 74.6 Å². The van der Waals surface area contributed by atoms with Gasteiger partial charge in [0, 0.05) is 0 Å². The predicted octanol–water partition coefficient (Wildman–Crippen LogP) is 2.88. The maximum atomic E-state index is 11.0. The van der Waals surface area contributed by atoms with Gasteiger partial charge in [0.2, 0.25) is 11.7 Å². The predicted molar refractivity (Wildman–Crippen MR) is 76.8 cm³/mol. The number of hydrogen-bond acceptors (Lipinski definition) is 2. The lowest BCUT2D eigenvalue weighted by Crippen LogP contribution is -2.38. The van der Waals surface area contributed by atoms with Crippen molar-refractivity contribution in [2.75, 3.05) is 0 Å². The van der Waals surface area contributed by atoms with Crippen molar-refractivity contribution in [3.63, 3.8) is 0 Å². The van der Waals surface area contributed by atoms with Crippen LogP contribution in [0.25, 0.3) is 0 Å². The molecule has 0 saturated carbocycles. The summed E-state index contributed by atoms with van der Waals surface area (Å²) in [6, 6.07) is 0. The molecule has 2 N–H and O–H groups in total. The molecule has 0 amide bonds. The minimum Gasteiger partial charge on any atom is -0.489 e. The largest absolute Gasteiger partial charge is 0.489 e. The summed E-state index contributed by atoms with van der Waals surface area (Å²) in [4.78, 5) is 22.1. The molecular formula is C12H24B2O4. The highest BCUT2D eigenvalue weighted by molar-refractivity contribution is 6.77.